The van der Waals surface area contributed by atoms with E-state index >= 15 is 0 Å². The number of aromatic nitrogens is 2. The maximum Gasteiger partial charge on any atom is 0.266 e. The van der Waals surface area contributed by atoms with E-state index in [0.29, 0.717) is 18.8 Å². The number of hydrogen-bond acceptors (Lipinski definition) is 4. The third kappa shape index (κ3) is 2.41. The highest BCUT2D eigenvalue weighted by Crippen LogP contribution is 2.26. The molecular formula is C13H15N3O2. The van der Waals surface area contributed by atoms with Crippen LogP contribution in [0.3, 0.4) is 0 Å². The fraction of sp³-hybridized carbons (Fsp3) is 0.231. The van der Waals surface area contributed by atoms with Gasteiger partial charge in [0.1, 0.15) is 5.75 Å². The second-order valence-electron chi connectivity index (χ2n) is 3.77. The Kier molecular flexibility index (Phi) is 3.74. The van der Waals surface area contributed by atoms with Gasteiger partial charge in [0.2, 0.25) is 0 Å². The topological polar surface area (TPSA) is 70.1 Å². The number of para-hydroxylation sites is 1. The van der Waals surface area contributed by atoms with Gasteiger partial charge in [-0.05, 0) is 18.2 Å². The maximum atomic E-state index is 11.6. The first-order chi connectivity index (χ1) is 8.76. The van der Waals surface area contributed by atoms with Gasteiger partial charge < -0.3 is 10.5 Å². The Labute approximate surface area is 105 Å². The Hall–Kier alpha value is -2.14. The van der Waals surface area contributed by atoms with Gasteiger partial charge in [-0.3, -0.25) is 4.79 Å². The molecule has 5 nitrogen and oxygen atoms in total. The average molecular weight is 245 g/mol. The van der Waals surface area contributed by atoms with Crippen LogP contribution in [0.5, 0.6) is 5.75 Å². The molecular weight excluding hydrogens is 230 g/mol. The summed E-state index contributed by atoms with van der Waals surface area (Å²) < 4.78 is 6.64. The van der Waals surface area contributed by atoms with Crippen molar-refractivity contribution in [1.82, 2.24) is 9.78 Å². The summed E-state index contributed by atoms with van der Waals surface area (Å²) in [5.41, 5.74) is 6.84. The summed E-state index contributed by atoms with van der Waals surface area (Å²) in [6, 6.07) is 10.7. The number of benzene rings is 1. The van der Waals surface area contributed by atoms with Crippen LogP contribution in [0, 0.1) is 0 Å². The number of ether oxygens (including phenoxy) is 1. The molecule has 1 aromatic carbocycles. The number of methoxy groups -OCH3 is 1. The Bertz CT molecular complexity index is 593. The summed E-state index contributed by atoms with van der Waals surface area (Å²) in [4.78, 5) is 11.6. The van der Waals surface area contributed by atoms with Crippen molar-refractivity contribution in [1.29, 1.82) is 0 Å². The van der Waals surface area contributed by atoms with Crippen molar-refractivity contribution in [2.45, 2.75) is 6.54 Å². The van der Waals surface area contributed by atoms with Crippen LogP contribution in [0.2, 0.25) is 0 Å². The summed E-state index contributed by atoms with van der Waals surface area (Å²) in [7, 11) is 1.61. The lowest BCUT2D eigenvalue weighted by Crippen LogP contribution is -2.25. The van der Waals surface area contributed by atoms with Crippen LogP contribution in [0.15, 0.2) is 41.2 Å². The van der Waals surface area contributed by atoms with Gasteiger partial charge in [-0.2, -0.15) is 5.10 Å². The molecule has 0 aliphatic heterocycles. The van der Waals surface area contributed by atoms with Crippen LogP contribution in [0.25, 0.3) is 11.3 Å². The molecule has 18 heavy (non-hydrogen) atoms. The first-order valence-corrected chi connectivity index (χ1v) is 5.68. The molecule has 0 saturated heterocycles. The van der Waals surface area contributed by atoms with E-state index < -0.39 is 0 Å². The van der Waals surface area contributed by atoms with Crippen LogP contribution in [0.1, 0.15) is 0 Å². The van der Waals surface area contributed by atoms with Crippen molar-refractivity contribution in [3.63, 3.8) is 0 Å². The molecule has 0 unspecified atom stereocenters. The van der Waals surface area contributed by atoms with Crippen molar-refractivity contribution < 1.29 is 4.74 Å². The van der Waals surface area contributed by atoms with Crippen molar-refractivity contribution in [3.05, 3.63) is 46.8 Å². The molecule has 0 atom stereocenters. The molecule has 0 spiro atoms. The standard InChI is InChI=1S/C13H15N3O2/c1-18-12-5-3-2-4-10(12)11-6-7-13(17)16(15-11)9-8-14/h2-7H,8-9,14H2,1H3. The fourth-order valence-electron chi connectivity index (χ4n) is 1.73. The number of nitrogens with zero attached hydrogens (tertiary/aromatic N) is 2. The van der Waals surface area contributed by atoms with E-state index in [1.165, 1.54) is 10.7 Å². The van der Waals surface area contributed by atoms with Gasteiger partial charge in [0.15, 0.2) is 0 Å². The summed E-state index contributed by atoms with van der Waals surface area (Å²) >= 11 is 0. The summed E-state index contributed by atoms with van der Waals surface area (Å²) in [5, 5.41) is 4.29. The molecule has 2 aromatic rings. The Morgan fingerprint density at radius 3 is 2.78 bits per heavy atom. The molecule has 2 N–H and O–H groups in total. The third-order valence-corrected chi connectivity index (χ3v) is 2.59. The predicted octanol–water partition coefficient (Wildman–Crippen LogP) is 0.878. The first-order valence-electron chi connectivity index (χ1n) is 5.68. The largest absolute Gasteiger partial charge is 0.496 e. The molecule has 0 aliphatic rings. The van der Waals surface area contributed by atoms with Crippen LogP contribution in [-0.4, -0.2) is 23.4 Å². The summed E-state index contributed by atoms with van der Waals surface area (Å²) in [5.74, 6) is 0.725. The van der Waals surface area contributed by atoms with Crippen molar-refractivity contribution in [2.24, 2.45) is 5.73 Å². The van der Waals surface area contributed by atoms with Crippen LogP contribution in [-0.2, 0) is 6.54 Å². The lowest BCUT2D eigenvalue weighted by Gasteiger charge is -2.09. The van der Waals surface area contributed by atoms with E-state index in [1.807, 2.05) is 24.3 Å². The van der Waals surface area contributed by atoms with E-state index in [0.717, 1.165) is 11.3 Å². The van der Waals surface area contributed by atoms with Gasteiger partial charge in [-0.15, -0.1) is 0 Å². The quantitative estimate of drug-likeness (QED) is 0.868. The monoisotopic (exact) mass is 245 g/mol. The Morgan fingerprint density at radius 1 is 1.28 bits per heavy atom. The van der Waals surface area contributed by atoms with Crippen LogP contribution >= 0.6 is 0 Å². The average Bonchev–Trinajstić information content (AvgIpc) is 2.41. The molecule has 1 aromatic heterocycles. The first kappa shape index (κ1) is 12.3. The minimum atomic E-state index is -0.154. The molecule has 1 heterocycles. The van der Waals surface area contributed by atoms with E-state index in [1.54, 1.807) is 13.2 Å². The van der Waals surface area contributed by atoms with E-state index in [4.69, 9.17) is 10.5 Å². The molecule has 94 valence electrons. The molecule has 0 amide bonds. The minimum absolute atomic E-state index is 0.154. The molecule has 0 aliphatic carbocycles. The zero-order chi connectivity index (χ0) is 13.0. The normalized spacial score (nSPS) is 10.3. The highest BCUT2D eigenvalue weighted by atomic mass is 16.5. The molecule has 0 radical (unpaired) electrons. The van der Waals surface area contributed by atoms with Gasteiger partial charge in [-0.1, -0.05) is 12.1 Å². The van der Waals surface area contributed by atoms with Gasteiger partial charge in [0.05, 0.1) is 19.3 Å². The minimum Gasteiger partial charge on any atom is -0.496 e. The Morgan fingerprint density at radius 2 is 2.06 bits per heavy atom. The van der Waals surface area contributed by atoms with Crippen LogP contribution in [0.4, 0.5) is 0 Å². The van der Waals surface area contributed by atoms with E-state index in [-0.39, 0.29) is 5.56 Å². The molecule has 0 saturated carbocycles. The summed E-state index contributed by atoms with van der Waals surface area (Å²) in [6.45, 7) is 0.782. The predicted molar refractivity (Wildman–Crippen MR) is 69.5 cm³/mol. The number of rotatable bonds is 4. The molecule has 0 bridgehead atoms. The molecule has 5 heteroatoms. The summed E-state index contributed by atoms with van der Waals surface area (Å²) in [6.07, 6.45) is 0. The van der Waals surface area contributed by atoms with Crippen molar-refractivity contribution in [3.8, 4) is 17.0 Å². The zero-order valence-corrected chi connectivity index (χ0v) is 10.2. The highest BCUT2D eigenvalue weighted by molar-refractivity contribution is 5.66. The van der Waals surface area contributed by atoms with Crippen LogP contribution < -0.4 is 16.0 Å². The lowest BCUT2D eigenvalue weighted by molar-refractivity contribution is 0.416. The maximum absolute atomic E-state index is 11.6. The Balaban J connectivity index is 2.50. The molecule has 0 fully saturated rings. The van der Waals surface area contributed by atoms with E-state index in [2.05, 4.69) is 5.10 Å². The number of hydrogen-bond donors (Lipinski definition) is 1. The zero-order valence-electron chi connectivity index (χ0n) is 10.2. The second-order valence-corrected chi connectivity index (χ2v) is 3.77. The fourth-order valence-corrected chi connectivity index (χ4v) is 1.73. The van der Waals surface area contributed by atoms with Gasteiger partial charge in [0.25, 0.3) is 5.56 Å². The third-order valence-electron chi connectivity index (χ3n) is 2.59. The smallest absolute Gasteiger partial charge is 0.266 e. The SMILES string of the molecule is COc1ccccc1-c1ccc(=O)n(CCN)n1. The van der Waals surface area contributed by atoms with Crippen molar-refractivity contribution in [2.75, 3.05) is 13.7 Å². The van der Waals surface area contributed by atoms with E-state index in [9.17, 15) is 4.79 Å². The van der Waals surface area contributed by atoms with Gasteiger partial charge in [0, 0.05) is 18.2 Å². The lowest BCUT2D eigenvalue weighted by atomic mass is 10.1. The highest BCUT2D eigenvalue weighted by Gasteiger charge is 2.07. The van der Waals surface area contributed by atoms with Gasteiger partial charge in [-0.25, -0.2) is 4.68 Å². The molecule has 2 rings (SSSR count). The number of nitrogens with two attached hydrogens (primary N) is 1. The second kappa shape index (κ2) is 5.46. The van der Waals surface area contributed by atoms with Gasteiger partial charge >= 0.3 is 0 Å². The van der Waals surface area contributed by atoms with Crippen molar-refractivity contribution >= 4 is 0 Å².